The van der Waals surface area contributed by atoms with Crippen LogP contribution in [-0.4, -0.2) is 79.8 Å². The highest BCUT2D eigenvalue weighted by molar-refractivity contribution is 8.93. The molecule has 0 fully saturated rings. The normalized spacial score (nSPS) is 10.0. The Morgan fingerprint density at radius 1 is 0.703 bits per heavy atom. The molecule has 0 saturated carbocycles. The number of carbonyl (C=O) groups is 2. The minimum absolute atomic E-state index is 0. The van der Waals surface area contributed by atoms with Gasteiger partial charge in [0.2, 0.25) is 0 Å². The first-order valence-electron chi connectivity index (χ1n) is 9.41. The SMILES string of the molecule is Br.Br.N=C(N)N(CCOCCN(C(=N)N)C(=O)c1nc(Cl)c(N)nc1N)C(=O)c1nc(Cl)c(N)nc1N. The van der Waals surface area contributed by atoms with E-state index in [4.69, 9.17) is 73.2 Å². The van der Waals surface area contributed by atoms with E-state index < -0.39 is 23.7 Å². The Balaban J connectivity index is 0.00000648. The second kappa shape index (κ2) is 14.5. The average molecular weight is 691 g/mol. The van der Waals surface area contributed by atoms with Gasteiger partial charge in [0.1, 0.15) is 0 Å². The molecular formula is C16H24Br2Cl2N14O3. The topological polar surface area (TPSA) is 305 Å². The van der Waals surface area contributed by atoms with E-state index in [2.05, 4.69) is 19.9 Å². The van der Waals surface area contributed by atoms with E-state index in [1.54, 1.807) is 0 Å². The molecule has 2 aromatic heterocycles. The molecule has 0 spiro atoms. The summed E-state index contributed by atoms with van der Waals surface area (Å²) in [6.45, 7) is -0.678. The van der Waals surface area contributed by atoms with Gasteiger partial charge < -0.3 is 39.1 Å². The maximum atomic E-state index is 12.7. The van der Waals surface area contributed by atoms with Crippen LogP contribution in [0.25, 0.3) is 0 Å². The zero-order valence-corrected chi connectivity index (χ0v) is 23.7. The Kier molecular flexibility index (Phi) is 13.2. The summed E-state index contributed by atoms with van der Waals surface area (Å²) < 4.78 is 5.39. The predicted molar refractivity (Wildman–Crippen MR) is 149 cm³/mol. The highest BCUT2D eigenvalue weighted by Gasteiger charge is 2.26. The van der Waals surface area contributed by atoms with Crippen molar-refractivity contribution in [2.24, 2.45) is 11.5 Å². The van der Waals surface area contributed by atoms with Crippen LogP contribution in [0.1, 0.15) is 21.0 Å². The van der Waals surface area contributed by atoms with Crippen LogP contribution in [-0.2, 0) is 4.74 Å². The van der Waals surface area contributed by atoms with Crippen molar-refractivity contribution in [3.63, 3.8) is 0 Å². The standard InChI is InChI=1S/C16H22Cl2N14O3.2BrH/c17-7-11(21)29-9(19)5(27-7)13(33)31(15(23)24)1-3-35-4-2-32(16(25)26)14(34)6-10(20)30-12(22)8(18)28-6;;/h1-4H2,(H3,23,24)(H3,25,26)(H4,19,21,29)(H4,20,22,30);2*1H. The number of guanidine groups is 2. The lowest BCUT2D eigenvalue weighted by atomic mass is 10.3. The van der Waals surface area contributed by atoms with Crippen LogP contribution in [0.3, 0.4) is 0 Å². The van der Waals surface area contributed by atoms with E-state index in [0.29, 0.717) is 0 Å². The molecule has 37 heavy (non-hydrogen) atoms. The van der Waals surface area contributed by atoms with E-state index in [1.165, 1.54) is 0 Å². The Labute approximate surface area is 240 Å². The van der Waals surface area contributed by atoms with Gasteiger partial charge in [-0.3, -0.25) is 30.2 Å². The molecule has 0 atom stereocenters. The molecule has 204 valence electrons. The Morgan fingerprint density at radius 2 is 1.03 bits per heavy atom. The van der Waals surface area contributed by atoms with E-state index in [-0.39, 0.29) is 105 Å². The summed E-state index contributed by atoms with van der Waals surface area (Å²) in [4.78, 5) is 42.0. The fourth-order valence-electron chi connectivity index (χ4n) is 2.53. The van der Waals surface area contributed by atoms with Gasteiger partial charge in [-0.1, -0.05) is 23.2 Å². The molecule has 0 saturated heterocycles. The van der Waals surface area contributed by atoms with Gasteiger partial charge in [-0.15, -0.1) is 34.0 Å². The highest BCUT2D eigenvalue weighted by atomic mass is 79.9. The van der Waals surface area contributed by atoms with Crippen LogP contribution in [0, 0.1) is 10.8 Å². The number of ether oxygens (including phenoxy) is 1. The lowest BCUT2D eigenvalue weighted by Crippen LogP contribution is -2.45. The van der Waals surface area contributed by atoms with Crippen molar-refractivity contribution in [1.82, 2.24) is 29.7 Å². The third kappa shape index (κ3) is 8.39. The monoisotopic (exact) mass is 688 g/mol. The molecule has 0 aliphatic heterocycles. The van der Waals surface area contributed by atoms with Gasteiger partial charge in [0.25, 0.3) is 11.8 Å². The minimum Gasteiger partial charge on any atom is -0.382 e. The summed E-state index contributed by atoms with van der Waals surface area (Å²) in [5.41, 5.74) is 32.6. The van der Waals surface area contributed by atoms with Crippen LogP contribution in [0.15, 0.2) is 0 Å². The molecule has 0 aliphatic rings. The Bertz CT molecular complexity index is 1100. The first kappa shape index (κ1) is 33.7. The first-order chi connectivity index (χ1) is 16.3. The number of carbonyl (C=O) groups excluding carboxylic acids is 2. The van der Waals surface area contributed by atoms with Gasteiger partial charge in [0, 0.05) is 0 Å². The molecular weight excluding hydrogens is 667 g/mol. The Hall–Kier alpha value is -3.26. The Morgan fingerprint density at radius 3 is 1.32 bits per heavy atom. The van der Waals surface area contributed by atoms with Crippen molar-refractivity contribution in [3.05, 3.63) is 21.7 Å². The van der Waals surface area contributed by atoms with Gasteiger partial charge in [0.15, 0.2) is 56.9 Å². The van der Waals surface area contributed by atoms with Crippen molar-refractivity contribution in [3.8, 4) is 0 Å². The van der Waals surface area contributed by atoms with Gasteiger partial charge in [0.05, 0.1) is 26.3 Å². The number of anilines is 4. The fourth-order valence-corrected chi connectivity index (χ4v) is 2.78. The van der Waals surface area contributed by atoms with Gasteiger partial charge in [-0.2, -0.15) is 0 Å². The maximum Gasteiger partial charge on any atom is 0.283 e. The maximum absolute atomic E-state index is 12.7. The number of nitrogens with two attached hydrogens (primary N) is 6. The summed E-state index contributed by atoms with van der Waals surface area (Å²) in [7, 11) is 0. The van der Waals surface area contributed by atoms with E-state index >= 15 is 0 Å². The summed E-state index contributed by atoms with van der Waals surface area (Å²) in [5, 5.41) is 14.8. The summed E-state index contributed by atoms with van der Waals surface area (Å²) in [6.07, 6.45) is 0. The molecule has 0 aliphatic carbocycles. The summed E-state index contributed by atoms with van der Waals surface area (Å²) in [6, 6.07) is 0. The van der Waals surface area contributed by atoms with Crippen molar-refractivity contribution < 1.29 is 14.3 Å². The fraction of sp³-hybridized carbons (Fsp3) is 0.250. The quantitative estimate of drug-likeness (QED) is 0.0980. The second-order valence-electron chi connectivity index (χ2n) is 6.56. The molecule has 0 bridgehead atoms. The van der Waals surface area contributed by atoms with E-state index in [1.807, 2.05) is 0 Å². The summed E-state index contributed by atoms with van der Waals surface area (Å²) in [5.74, 6) is -3.90. The molecule has 0 aromatic carbocycles. The zero-order chi connectivity index (χ0) is 26.4. The number of hydrogen-bond donors (Lipinski definition) is 8. The number of nitrogens with zero attached hydrogens (tertiary/aromatic N) is 6. The number of aromatic nitrogens is 4. The van der Waals surface area contributed by atoms with E-state index in [0.717, 1.165) is 9.80 Å². The van der Waals surface area contributed by atoms with Crippen molar-refractivity contribution in [2.45, 2.75) is 0 Å². The zero-order valence-electron chi connectivity index (χ0n) is 18.8. The van der Waals surface area contributed by atoms with Crippen LogP contribution in [0.4, 0.5) is 23.3 Å². The number of rotatable bonds is 8. The summed E-state index contributed by atoms with van der Waals surface area (Å²) >= 11 is 11.6. The van der Waals surface area contributed by atoms with Crippen LogP contribution >= 0.6 is 57.2 Å². The number of halogens is 4. The molecule has 2 amide bonds. The molecule has 0 unspecified atom stereocenters. The van der Waals surface area contributed by atoms with Crippen molar-refractivity contribution >= 4 is 104 Å². The molecule has 14 N–H and O–H groups in total. The smallest absolute Gasteiger partial charge is 0.283 e. The van der Waals surface area contributed by atoms with Crippen LogP contribution in [0.5, 0.6) is 0 Å². The third-order valence-electron chi connectivity index (χ3n) is 4.21. The number of nitrogen functional groups attached to an aromatic ring is 4. The number of nitrogens with one attached hydrogen (secondary N) is 2. The number of amides is 2. The van der Waals surface area contributed by atoms with Crippen LogP contribution in [0.2, 0.25) is 10.3 Å². The highest BCUT2D eigenvalue weighted by Crippen LogP contribution is 2.19. The molecule has 17 nitrogen and oxygen atoms in total. The largest absolute Gasteiger partial charge is 0.382 e. The lowest BCUT2D eigenvalue weighted by Gasteiger charge is -2.22. The van der Waals surface area contributed by atoms with Gasteiger partial charge in [-0.25, -0.2) is 19.9 Å². The molecule has 2 rings (SSSR count). The van der Waals surface area contributed by atoms with Gasteiger partial charge in [-0.05, 0) is 0 Å². The predicted octanol–water partition coefficient (Wildman–Crippen LogP) is -0.554. The molecule has 0 radical (unpaired) electrons. The molecule has 2 heterocycles. The van der Waals surface area contributed by atoms with E-state index in [9.17, 15) is 9.59 Å². The number of hydrogen-bond acceptors (Lipinski definition) is 13. The van der Waals surface area contributed by atoms with Crippen LogP contribution < -0.4 is 34.4 Å². The second-order valence-corrected chi connectivity index (χ2v) is 7.28. The van der Waals surface area contributed by atoms with Gasteiger partial charge >= 0.3 is 0 Å². The minimum atomic E-state index is -0.859. The average Bonchev–Trinajstić information content (AvgIpc) is 2.77. The molecule has 2 aromatic rings. The van der Waals surface area contributed by atoms with Crippen molar-refractivity contribution in [2.75, 3.05) is 49.2 Å². The first-order valence-corrected chi connectivity index (χ1v) is 10.2. The lowest BCUT2D eigenvalue weighted by molar-refractivity contribution is 0.0695. The molecule has 21 heteroatoms. The van der Waals surface area contributed by atoms with Crippen molar-refractivity contribution in [1.29, 1.82) is 10.8 Å². The third-order valence-corrected chi connectivity index (χ3v) is 4.76.